The first-order chi connectivity index (χ1) is 9.75. The molecule has 2 atom stereocenters. The van der Waals surface area contributed by atoms with Gasteiger partial charge in [0.25, 0.3) is 0 Å². The van der Waals surface area contributed by atoms with Crippen LogP contribution in [0.15, 0.2) is 24.3 Å². The van der Waals surface area contributed by atoms with Gasteiger partial charge < -0.3 is 4.90 Å². The van der Waals surface area contributed by atoms with E-state index in [0.717, 1.165) is 48.9 Å². The first-order valence-electron chi connectivity index (χ1n) is 7.38. The summed E-state index contributed by atoms with van der Waals surface area (Å²) in [6, 6.07) is 8.05. The predicted molar refractivity (Wildman–Crippen MR) is 85.4 cm³/mol. The summed E-state index contributed by atoms with van der Waals surface area (Å²) in [5.74, 6) is 3.12. The van der Waals surface area contributed by atoms with Gasteiger partial charge in [-0.2, -0.15) is 11.8 Å². The summed E-state index contributed by atoms with van der Waals surface area (Å²) in [5.41, 5.74) is 1.27. The monoisotopic (exact) mass is 309 g/mol. The topological polar surface area (TPSA) is 20.3 Å². The van der Waals surface area contributed by atoms with E-state index in [2.05, 4.69) is 17.0 Å². The second kappa shape index (κ2) is 6.40. The second-order valence-corrected chi connectivity index (χ2v) is 7.29. The highest BCUT2D eigenvalue weighted by atomic mass is 35.5. The van der Waals surface area contributed by atoms with Gasteiger partial charge >= 0.3 is 0 Å². The Bertz CT molecular complexity index is 470. The molecule has 0 aromatic heterocycles. The van der Waals surface area contributed by atoms with Crippen LogP contribution < -0.4 is 0 Å². The molecule has 3 rings (SSSR count). The molecule has 2 aliphatic rings. The molecular weight excluding hydrogens is 290 g/mol. The first-order valence-corrected chi connectivity index (χ1v) is 8.91. The van der Waals surface area contributed by atoms with Gasteiger partial charge in [-0.25, -0.2) is 0 Å². The molecule has 1 aromatic rings. The molecule has 20 heavy (non-hydrogen) atoms. The molecule has 0 N–H and O–H groups in total. The van der Waals surface area contributed by atoms with Gasteiger partial charge in [-0.05, 0) is 36.5 Å². The van der Waals surface area contributed by atoms with Gasteiger partial charge in [0.2, 0.25) is 5.91 Å². The van der Waals surface area contributed by atoms with E-state index in [4.69, 9.17) is 11.6 Å². The van der Waals surface area contributed by atoms with Gasteiger partial charge in [0, 0.05) is 35.5 Å². The van der Waals surface area contributed by atoms with Gasteiger partial charge in [-0.1, -0.05) is 30.2 Å². The van der Waals surface area contributed by atoms with E-state index in [9.17, 15) is 4.79 Å². The maximum absolute atomic E-state index is 12.7. The number of amides is 1. The summed E-state index contributed by atoms with van der Waals surface area (Å²) in [4.78, 5) is 14.8. The molecule has 0 spiro atoms. The Morgan fingerprint density at radius 2 is 1.85 bits per heavy atom. The molecule has 1 amide bonds. The number of benzene rings is 1. The zero-order valence-corrected chi connectivity index (χ0v) is 13.1. The zero-order valence-electron chi connectivity index (χ0n) is 11.6. The van der Waals surface area contributed by atoms with Crippen LogP contribution in [0.2, 0.25) is 5.02 Å². The highest BCUT2D eigenvalue weighted by Gasteiger charge is 2.36. The van der Waals surface area contributed by atoms with Gasteiger partial charge in [0.05, 0.1) is 0 Å². The minimum absolute atomic E-state index is 0.180. The fourth-order valence-corrected chi connectivity index (χ4v) is 4.41. The van der Waals surface area contributed by atoms with Crippen LogP contribution in [0.25, 0.3) is 0 Å². The largest absolute Gasteiger partial charge is 0.341 e. The number of thioether (sulfide) groups is 1. The average molecular weight is 310 g/mol. The quantitative estimate of drug-likeness (QED) is 0.828. The lowest BCUT2D eigenvalue weighted by Crippen LogP contribution is -2.42. The number of hydrogen-bond donors (Lipinski definition) is 0. The van der Waals surface area contributed by atoms with E-state index in [1.165, 1.54) is 5.56 Å². The maximum atomic E-state index is 12.7. The van der Waals surface area contributed by atoms with Crippen LogP contribution >= 0.6 is 23.4 Å². The number of rotatable bonds is 2. The van der Waals surface area contributed by atoms with E-state index >= 15 is 0 Å². The van der Waals surface area contributed by atoms with Crippen LogP contribution in [0.5, 0.6) is 0 Å². The molecule has 2 nitrogen and oxygen atoms in total. The Kier molecular flexibility index (Phi) is 4.57. The number of nitrogens with zero attached hydrogens (tertiary/aromatic N) is 1. The van der Waals surface area contributed by atoms with Gasteiger partial charge in [0.15, 0.2) is 0 Å². The summed E-state index contributed by atoms with van der Waals surface area (Å²) in [7, 11) is 0. The van der Waals surface area contributed by atoms with Crippen molar-refractivity contribution in [2.75, 3.05) is 24.6 Å². The highest BCUT2D eigenvalue weighted by Crippen LogP contribution is 2.41. The normalized spacial score (nSPS) is 26.8. The van der Waals surface area contributed by atoms with Crippen LogP contribution in [0, 0.1) is 5.92 Å². The van der Waals surface area contributed by atoms with Crippen molar-refractivity contribution in [3.8, 4) is 0 Å². The molecule has 1 aromatic carbocycles. The van der Waals surface area contributed by atoms with Gasteiger partial charge in [-0.15, -0.1) is 0 Å². The van der Waals surface area contributed by atoms with Crippen LogP contribution in [0.1, 0.15) is 30.7 Å². The fraction of sp³-hybridized carbons (Fsp3) is 0.562. The molecule has 1 heterocycles. The van der Waals surface area contributed by atoms with Crippen molar-refractivity contribution >= 4 is 29.3 Å². The number of carbonyl (C=O) groups excluding carboxylic acids is 1. The lowest BCUT2D eigenvalue weighted by molar-refractivity contribution is -0.135. The zero-order chi connectivity index (χ0) is 13.9. The lowest BCUT2D eigenvalue weighted by Gasteiger charge is -2.31. The van der Waals surface area contributed by atoms with Crippen molar-refractivity contribution in [2.45, 2.75) is 25.2 Å². The van der Waals surface area contributed by atoms with E-state index < -0.39 is 0 Å². The van der Waals surface area contributed by atoms with E-state index in [-0.39, 0.29) is 5.92 Å². The van der Waals surface area contributed by atoms with E-state index in [1.54, 1.807) is 0 Å². The Morgan fingerprint density at radius 3 is 2.55 bits per heavy atom. The Morgan fingerprint density at radius 1 is 1.15 bits per heavy atom. The minimum atomic E-state index is 0.180. The van der Waals surface area contributed by atoms with Crippen molar-refractivity contribution in [2.24, 2.45) is 5.92 Å². The van der Waals surface area contributed by atoms with Crippen molar-refractivity contribution in [1.29, 1.82) is 0 Å². The molecule has 1 aliphatic heterocycles. The van der Waals surface area contributed by atoms with E-state index in [0.29, 0.717) is 11.8 Å². The van der Waals surface area contributed by atoms with E-state index in [1.807, 2.05) is 23.9 Å². The second-order valence-electron chi connectivity index (χ2n) is 5.63. The minimum Gasteiger partial charge on any atom is -0.341 e. The lowest BCUT2D eigenvalue weighted by atomic mass is 9.88. The fourth-order valence-electron chi connectivity index (χ4n) is 3.38. The summed E-state index contributed by atoms with van der Waals surface area (Å²) in [5, 5.41) is 0.766. The molecule has 108 valence electrons. The van der Waals surface area contributed by atoms with Gasteiger partial charge in [0.1, 0.15) is 0 Å². The average Bonchev–Trinajstić information content (AvgIpc) is 2.97. The molecular formula is C16H20ClNOS. The third kappa shape index (κ3) is 2.99. The molecule has 1 saturated carbocycles. The number of carbonyl (C=O) groups is 1. The van der Waals surface area contributed by atoms with Crippen molar-refractivity contribution in [1.82, 2.24) is 4.90 Å². The van der Waals surface area contributed by atoms with Crippen LogP contribution in [-0.4, -0.2) is 35.4 Å². The molecule has 2 fully saturated rings. The molecule has 0 bridgehead atoms. The van der Waals surface area contributed by atoms with Crippen molar-refractivity contribution in [3.05, 3.63) is 34.9 Å². The summed E-state index contributed by atoms with van der Waals surface area (Å²) < 4.78 is 0. The Hall–Kier alpha value is -0.670. The standard InChI is InChI=1S/C16H20ClNOS/c17-13-6-4-12(5-7-13)14-2-1-3-15(14)16(19)18-8-10-20-11-9-18/h4-7,14-15H,1-3,8-11H2/t14?,15-/m1/s1. The van der Waals surface area contributed by atoms with Crippen molar-refractivity contribution in [3.63, 3.8) is 0 Å². The summed E-state index contributed by atoms with van der Waals surface area (Å²) in [6.07, 6.45) is 3.32. The number of hydrogen-bond acceptors (Lipinski definition) is 2. The number of halogens is 1. The highest BCUT2D eigenvalue weighted by molar-refractivity contribution is 7.99. The Labute approximate surface area is 129 Å². The molecule has 1 saturated heterocycles. The molecule has 4 heteroatoms. The SMILES string of the molecule is O=C([C@@H]1CCCC1c1ccc(Cl)cc1)N1CCSCC1. The van der Waals surface area contributed by atoms with Crippen LogP contribution in [0.3, 0.4) is 0 Å². The molecule has 1 aliphatic carbocycles. The third-order valence-corrected chi connectivity index (χ3v) is 5.65. The summed E-state index contributed by atoms with van der Waals surface area (Å²) >= 11 is 7.91. The predicted octanol–water partition coefficient (Wildman–Crippen LogP) is 3.80. The first kappa shape index (κ1) is 14.3. The van der Waals surface area contributed by atoms with Gasteiger partial charge in [-0.3, -0.25) is 4.79 Å². The van der Waals surface area contributed by atoms with Crippen molar-refractivity contribution < 1.29 is 4.79 Å². The maximum Gasteiger partial charge on any atom is 0.226 e. The Balaban J connectivity index is 1.74. The molecule has 0 radical (unpaired) electrons. The third-order valence-electron chi connectivity index (χ3n) is 4.45. The summed E-state index contributed by atoms with van der Waals surface area (Å²) in [6.45, 7) is 1.85. The van der Waals surface area contributed by atoms with Crippen LogP contribution in [-0.2, 0) is 4.79 Å². The van der Waals surface area contributed by atoms with Crippen LogP contribution in [0.4, 0.5) is 0 Å². The smallest absolute Gasteiger partial charge is 0.226 e. The molecule has 1 unspecified atom stereocenters.